The van der Waals surface area contributed by atoms with Gasteiger partial charge < -0.3 is 10.6 Å². The number of carbonyl (C=O) groups excluding carboxylic acids is 1. The van der Waals surface area contributed by atoms with Crippen molar-refractivity contribution < 1.29 is 18.0 Å². The lowest BCUT2D eigenvalue weighted by molar-refractivity contribution is -0.173. The van der Waals surface area contributed by atoms with Gasteiger partial charge in [0.2, 0.25) is 5.91 Å². The van der Waals surface area contributed by atoms with Gasteiger partial charge in [0.25, 0.3) is 0 Å². The van der Waals surface area contributed by atoms with Crippen molar-refractivity contribution in [2.75, 3.05) is 6.54 Å². The third-order valence-corrected chi connectivity index (χ3v) is 4.52. The molecular formula is C14H23F3N2O. The van der Waals surface area contributed by atoms with E-state index in [0.29, 0.717) is 32.2 Å². The van der Waals surface area contributed by atoms with Crippen molar-refractivity contribution in [1.29, 1.82) is 0 Å². The molecule has 0 radical (unpaired) electrons. The summed E-state index contributed by atoms with van der Waals surface area (Å²) in [5.41, 5.74) is 0. The van der Waals surface area contributed by atoms with Crippen LogP contribution in [0.5, 0.6) is 0 Å². The molecule has 1 unspecified atom stereocenters. The molecule has 1 saturated carbocycles. The van der Waals surface area contributed by atoms with Gasteiger partial charge in [-0.2, -0.15) is 13.2 Å². The third kappa shape index (κ3) is 3.87. The molecule has 0 aromatic heterocycles. The maximum Gasteiger partial charge on any atom is 0.408 e. The van der Waals surface area contributed by atoms with Crippen molar-refractivity contribution in [3.63, 3.8) is 0 Å². The van der Waals surface area contributed by atoms with Crippen molar-refractivity contribution in [3.05, 3.63) is 0 Å². The molecule has 2 fully saturated rings. The van der Waals surface area contributed by atoms with Crippen molar-refractivity contribution in [3.8, 4) is 0 Å². The Morgan fingerprint density at radius 2 is 1.90 bits per heavy atom. The molecule has 3 atom stereocenters. The third-order valence-electron chi connectivity index (χ3n) is 4.52. The molecule has 0 aromatic carbocycles. The van der Waals surface area contributed by atoms with Gasteiger partial charge >= 0.3 is 6.18 Å². The zero-order valence-corrected chi connectivity index (χ0v) is 11.8. The summed E-state index contributed by atoms with van der Waals surface area (Å²) in [6.45, 7) is 2.65. The first-order valence-corrected chi connectivity index (χ1v) is 7.48. The Hall–Kier alpha value is -0.780. The van der Waals surface area contributed by atoms with E-state index in [4.69, 9.17) is 0 Å². The summed E-state index contributed by atoms with van der Waals surface area (Å²) in [7, 11) is 0. The molecule has 1 heterocycles. The highest BCUT2D eigenvalue weighted by Gasteiger charge is 2.46. The number of rotatable bonds is 3. The quantitative estimate of drug-likeness (QED) is 0.839. The average molecular weight is 292 g/mol. The minimum Gasteiger partial charge on any atom is -0.344 e. The highest BCUT2D eigenvalue weighted by molar-refractivity contribution is 5.79. The van der Waals surface area contributed by atoms with Crippen LogP contribution in [0, 0.1) is 11.8 Å². The summed E-state index contributed by atoms with van der Waals surface area (Å²) in [6, 6.07) is -1.47. The van der Waals surface area contributed by atoms with E-state index in [1.54, 1.807) is 0 Å². The minimum atomic E-state index is -4.34. The van der Waals surface area contributed by atoms with Gasteiger partial charge in [0.05, 0.1) is 0 Å². The molecule has 0 aromatic rings. The van der Waals surface area contributed by atoms with Crippen LogP contribution in [0.2, 0.25) is 0 Å². The summed E-state index contributed by atoms with van der Waals surface area (Å²) in [5.74, 6) is -1.16. The predicted octanol–water partition coefficient (Wildman–Crippen LogP) is 2.61. The summed E-state index contributed by atoms with van der Waals surface area (Å²) < 4.78 is 39.4. The standard InChI is InChI=1S/C14H23F3N2O/c1-9-8-11(6-7-18-9)13(20)19-12(14(15,16)17)10-4-2-3-5-10/h9-12,18H,2-8H2,1H3,(H,19,20)/t9-,11-,12?/m0/s1. The molecule has 2 rings (SSSR count). The van der Waals surface area contributed by atoms with E-state index in [-0.39, 0.29) is 12.0 Å². The summed E-state index contributed by atoms with van der Waals surface area (Å²) in [4.78, 5) is 12.1. The summed E-state index contributed by atoms with van der Waals surface area (Å²) in [6.07, 6.45) is -0.329. The number of hydrogen-bond acceptors (Lipinski definition) is 2. The summed E-state index contributed by atoms with van der Waals surface area (Å²) in [5, 5.41) is 5.50. The number of hydrogen-bond donors (Lipinski definition) is 2. The Kier molecular flexibility index (Phi) is 4.94. The van der Waals surface area contributed by atoms with E-state index >= 15 is 0 Å². The second-order valence-corrected chi connectivity index (χ2v) is 6.15. The van der Waals surface area contributed by atoms with Crippen LogP contribution in [0.1, 0.15) is 45.4 Å². The molecule has 1 saturated heterocycles. The molecule has 3 nitrogen and oxygen atoms in total. The van der Waals surface area contributed by atoms with Gasteiger partial charge in [0, 0.05) is 12.0 Å². The zero-order valence-electron chi connectivity index (χ0n) is 11.8. The van der Waals surface area contributed by atoms with Gasteiger partial charge in [0.15, 0.2) is 0 Å². The molecule has 0 bridgehead atoms. The number of piperidine rings is 1. The molecule has 1 amide bonds. The molecule has 0 spiro atoms. The van der Waals surface area contributed by atoms with Gasteiger partial charge in [-0.3, -0.25) is 4.79 Å². The van der Waals surface area contributed by atoms with Crippen LogP contribution in [0.15, 0.2) is 0 Å². The van der Waals surface area contributed by atoms with Crippen molar-refractivity contribution in [2.45, 2.75) is 63.7 Å². The molecule has 6 heteroatoms. The average Bonchev–Trinajstić information content (AvgIpc) is 2.87. The number of amides is 1. The van der Waals surface area contributed by atoms with Crippen molar-refractivity contribution in [2.24, 2.45) is 11.8 Å². The van der Waals surface area contributed by atoms with E-state index in [1.807, 2.05) is 6.92 Å². The van der Waals surface area contributed by atoms with E-state index in [0.717, 1.165) is 12.8 Å². The van der Waals surface area contributed by atoms with Gasteiger partial charge in [0.1, 0.15) is 6.04 Å². The molecule has 2 N–H and O–H groups in total. The lowest BCUT2D eigenvalue weighted by Gasteiger charge is -2.31. The Bertz CT molecular complexity index is 340. The second kappa shape index (κ2) is 6.33. The fourth-order valence-corrected chi connectivity index (χ4v) is 3.40. The van der Waals surface area contributed by atoms with E-state index in [1.165, 1.54) is 0 Å². The maximum atomic E-state index is 13.1. The van der Waals surface area contributed by atoms with Crippen LogP contribution in [-0.4, -0.2) is 30.7 Å². The number of alkyl halides is 3. The maximum absolute atomic E-state index is 13.1. The van der Waals surface area contributed by atoms with E-state index in [9.17, 15) is 18.0 Å². The molecule has 2 aliphatic rings. The monoisotopic (exact) mass is 292 g/mol. The SMILES string of the molecule is C[C@H]1C[C@@H](C(=O)NC(C2CCCC2)C(F)(F)F)CCN1. The Morgan fingerprint density at radius 3 is 2.45 bits per heavy atom. The van der Waals surface area contributed by atoms with Crippen LogP contribution in [0.4, 0.5) is 13.2 Å². The van der Waals surface area contributed by atoms with Crippen LogP contribution in [-0.2, 0) is 4.79 Å². The van der Waals surface area contributed by atoms with Gasteiger partial charge in [-0.1, -0.05) is 12.8 Å². The Labute approximate surface area is 117 Å². The number of carbonyl (C=O) groups is 1. The molecule has 1 aliphatic heterocycles. The van der Waals surface area contributed by atoms with E-state index in [2.05, 4.69) is 10.6 Å². The first kappa shape index (κ1) is 15.6. The zero-order chi connectivity index (χ0) is 14.8. The largest absolute Gasteiger partial charge is 0.408 e. The van der Waals surface area contributed by atoms with Gasteiger partial charge in [-0.15, -0.1) is 0 Å². The topological polar surface area (TPSA) is 41.1 Å². The van der Waals surface area contributed by atoms with Gasteiger partial charge in [-0.05, 0) is 45.1 Å². The second-order valence-electron chi connectivity index (χ2n) is 6.15. The van der Waals surface area contributed by atoms with Crippen molar-refractivity contribution >= 4 is 5.91 Å². The van der Waals surface area contributed by atoms with Crippen LogP contribution in [0.3, 0.4) is 0 Å². The number of nitrogens with one attached hydrogen (secondary N) is 2. The van der Waals surface area contributed by atoms with Crippen molar-refractivity contribution in [1.82, 2.24) is 10.6 Å². The number of halogens is 3. The van der Waals surface area contributed by atoms with E-state index < -0.39 is 24.0 Å². The Morgan fingerprint density at radius 1 is 1.25 bits per heavy atom. The first-order chi connectivity index (χ1) is 9.38. The predicted molar refractivity (Wildman–Crippen MR) is 70.1 cm³/mol. The normalized spacial score (nSPS) is 30.2. The summed E-state index contributed by atoms with van der Waals surface area (Å²) >= 11 is 0. The minimum absolute atomic E-state index is 0.190. The lowest BCUT2D eigenvalue weighted by atomic mass is 9.91. The fourth-order valence-electron chi connectivity index (χ4n) is 3.40. The molecule has 116 valence electrons. The molecule has 20 heavy (non-hydrogen) atoms. The molecule has 1 aliphatic carbocycles. The fraction of sp³-hybridized carbons (Fsp3) is 0.929. The van der Waals surface area contributed by atoms with Crippen LogP contribution >= 0.6 is 0 Å². The van der Waals surface area contributed by atoms with Gasteiger partial charge in [-0.25, -0.2) is 0 Å². The first-order valence-electron chi connectivity index (χ1n) is 7.48. The molecular weight excluding hydrogens is 269 g/mol. The van der Waals surface area contributed by atoms with Crippen LogP contribution in [0.25, 0.3) is 0 Å². The van der Waals surface area contributed by atoms with Crippen LogP contribution < -0.4 is 10.6 Å². The highest BCUT2D eigenvalue weighted by atomic mass is 19.4. The highest BCUT2D eigenvalue weighted by Crippen LogP contribution is 2.36. The lowest BCUT2D eigenvalue weighted by Crippen LogP contribution is -2.52. The smallest absolute Gasteiger partial charge is 0.344 e. The Balaban J connectivity index is 1.98.